The summed E-state index contributed by atoms with van der Waals surface area (Å²) in [6.45, 7) is 1.37. The molecule has 1 aromatic rings. The fourth-order valence-electron chi connectivity index (χ4n) is 4.09. The zero-order valence-electron chi connectivity index (χ0n) is 16.4. The summed E-state index contributed by atoms with van der Waals surface area (Å²) in [6.07, 6.45) is 7.60. The number of nitrogens with one attached hydrogen (secondary N) is 3. The maximum Gasteiger partial charge on any atom is 0.243 e. The molecule has 1 unspecified atom stereocenters. The van der Waals surface area contributed by atoms with Gasteiger partial charge < -0.3 is 21.3 Å². The van der Waals surface area contributed by atoms with Crippen LogP contribution >= 0.6 is 0 Å². The Kier molecular flexibility index (Phi) is 7.03. The van der Waals surface area contributed by atoms with Crippen LogP contribution in [-0.2, 0) is 16.1 Å². The van der Waals surface area contributed by atoms with Crippen LogP contribution in [0.15, 0.2) is 24.3 Å². The summed E-state index contributed by atoms with van der Waals surface area (Å²) in [7, 11) is 0. The van der Waals surface area contributed by atoms with Crippen LogP contribution in [0.25, 0.3) is 0 Å². The number of carbonyl (C=O) groups is 2. The zero-order valence-corrected chi connectivity index (χ0v) is 16.4. The molecule has 1 aliphatic carbocycles. The Bertz CT molecular complexity index is 697. The van der Waals surface area contributed by atoms with Crippen molar-refractivity contribution in [3.05, 3.63) is 35.4 Å². The van der Waals surface area contributed by atoms with Crippen LogP contribution in [-0.4, -0.2) is 47.7 Å². The third kappa shape index (κ3) is 5.32. The highest BCUT2D eigenvalue weighted by molar-refractivity contribution is 5.94. The predicted octanol–water partition coefficient (Wildman–Crippen LogP) is 1.50. The summed E-state index contributed by atoms with van der Waals surface area (Å²) in [4.78, 5) is 27.0. The van der Waals surface area contributed by atoms with E-state index in [1.54, 1.807) is 17.0 Å². The predicted molar refractivity (Wildman–Crippen MR) is 109 cm³/mol. The molecule has 1 heterocycles. The van der Waals surface area contributed by atoms with E-state index in [0.29, 0.717) is 37.7 Å². The van der Waals surface area contributed by atoms with Gasteiger partial charge >= 0.3 is 0 Å². The highest BCUT2D eigenvalue weighted by atomic mass is 16.2. The molecule has 1 aromatic carbocycles. The largest absolute Gasteiger partial charge is 0.384 e. The van der Waals surface area contributed by atoms with Crippen molar-refractivity contribution in [2.75, 3.05) is 13.1 Å². The van der Waals surface area contributed by atoms with E-state index < -0.39 is 0 Å². The van der Waals surface area contributed by atoms with Crippen molar-refractivity contribution < 1.29 is 9.59 Å². The second-order valence-electron chi connectivity index (χ2n) is 7.79. The van der Waals surface area contributed by atoms with Gasteiger partial charge in [0.1, 0.15) is 11.9 Å². The smallest absolute Gasteiger partial charge is 0.243 e. The first kappa shape index (κ1) is 20.3. The van der Waals surface area contributed by atoms with E-state index in [9.17, 15) is 9.59 Å². The SMILES string of the molecule is N=C(N)c1ccc(CNC(=O)C2CCCN2C(=O)CNC2CCCCC2)cc1. The highest BCUT2D eigenvalue weighted by Crippen LogP contribution is 2.19. The van der Waals surface area contributed by atoms with Gasteiger partial charge in [-0.25, -0.2) is 0 Å². The number of rotatable bonds is 7. The summed E-state index contributed by atoms with van der Waals surface area (Å²) in [5.41, 5.74) is 7.05. The molecule has 2 fully saturated rings. The van der Waals surface area contributed by atoms with Gasteiger partial charge in [0.2, 0.25) is 11.8 Å². The van der Waals surface area contributed by atoms with Gasteiger partial charge in [-0.2, -0.15) is 0 Å². The van der Waals surface area contributed by atoms with Crippen LogP contribution in [0.5, 0.6) is 0 Å². The van der Waals surface area contributed by atoms with Crippen LogP contribution in [0.3, 0.4) is 0 Å². The second kappa shape index (κ2) is 9.68. The van der Waals surface area contributed by atoms with Gasteiger partial charge in [0.15, 0.2) is 0 Å². The standard InChI is InChI=1S/C21H31N5O2/c22-20(23)16-10-8-15(9-11-16)13-25-21(28)18-7-4-12-26(18)19(27)14-24-17-5-2-1-3-6-17/h8-11,17-18,24H,1-7,12-14H2,(H3,22,23)(H,25,28). The Morgan fingerprint density at radius 1 is 1.07 bits per heavy atom. The van der Waals surface area contributed by atoms with Crippen molar-refractivity contribution in [1.29, 1.82) is 5.41 Å². The summed E-state index contributed by atoms with van der Waals surface area (Å²) in [5, 5.41) is 13.7. The summed E-state index contributed by atoms with van der Waals surface area (Å²) >= 11 is 0. The minimum atomic E-state index is -0.378. The monoisotopic (exact) mass is 385 g/mol. The molecule has 5 N–H and O–H groups in total. The van der Waals surface area contributed by atoms with Crippen molar-refractivity contribution in [1.82, 2.24) is 15.5 Å². The fraction of sp³-hybridized carbons (Fsp3) is 0.571. The summed E-state index contributed by atoms with van der Waals surface area (Å²) in [5.74, 6) is -0.0503. The van der Waals surface area contributed by atoms with E-state index in [1.165, 1.54) is 19.3 Å². The Hall–Kier alpha value is -2.41. The maximum atomic E-state index is 12.6. The third-order valence-electron chi connectivity index (χ3n) is 5.75. The average molecular weight is 386 g/mol. The summed E-state index contributed by atoms with van der Waals surface area (Å²) < 4.78 is 0. The molecule has 7 heteroatoms. The summed E-state index contributed by atoms with van der Waals surface area (Å²) in [6, 6.07) is 7.30. The molecule has 0 spiro atoms. The number of nitrogens with zero attached hydrogens (tertiary/aromatic N) is 1. The zero-order chi connectivity index (χ0) is 19.9. The number of carbonyl (C=O) groups excluding carboxylic acids is 2. The molecule has 3 rings (SSSR count). The maximum absolute atomic E-state index is 12.6. The number of benzene rings is 1. The minimum Gasteiger partial charge on any atom is -0.384 e. The molecule has 0 radical (unpaired) electrons. The molecule has 0 bridgehead atoms. The van der Waals surface area contributed by atoms with E-state index >= 15 is 0 Å². The fourth-order valence-corrected chi connectivity index (χ4v) is 4.09. The quantitative estimate of drug-likeness (QED) is 0.421. The molecule has 2 aliphatic rings. The van der Waals surface area contributed by atoms with Crippen LogP contribution in [0.1, 0.15) is 56.1 Å². The first-order chi connectivity index (χ1) is 13.5. The first-order valence-electron chi connectivity index (χ1n) is 10.3. The number of nitrogens with two attached hydrogens (primary N) is 1. The van der Waals surface area contributed by atoms with Crippen LogP contribution < -0.4 is 16.4 Å². The Morgan fingerprint density at radius 3 is 2.46 bits per heavy atom. The van der Waals surface area contributed by atoms with Crippen molar-refractivity contribution in [2.45, 2.75) is 63.6 Å². The Balaban J connectivity index is 1.47. The topological polar surface area (TPSA) is 111 Å². The molecule has 7 nitrogen and oxygen atoms in total. The first-order valence-corrected chi connectivity index (χ1v) is 10.3. The van der Waals surface area contributed by atoms with Gasteiger partial charge in [-0.05, 0) is 31.2 Å². The van der Waals surface area contributed by atoms with Gasteiger partial charge in [-0.1, -0.05) is 43.5 Å². The normalized spacial score (nSPS) is 20.1. The molecule has 28 heavy (non-hydrogen) atoms. The molecule has 1 saturated heterocycles. The molecular weight excluding hydrogens is 354 g/mol. The molecule has 2 amide bonds. The number of likely N-dealkylation sites (tertiary alicyclic amines) is 1. The number of amides is 2. The van der Waals surface area contributed by atoms with E-state index in [4.69, 9.17) is 11.1 Å². The van der Waals surface area contributed by atoms with Crippen molar-refractivity contribution >= 4 is 17.6 Å². The Morgan fingerprint density at radius 2 is 1.79 bits per heavy atom. The number of nitrogen functional groups attached to an aromatic ring is 1. The van der Waals surface area contributed by atoms with Gasteiger partial charge in [-0.15, -0.1) is 0 Å². The van der Waals surface area contributed by atoms with E-state index in [-0.39, 0.29) is 23.7 Å². The number of hydrogen-bond donors (Lipinski definition) is 4. The lowest BCUT2D eigenvalue weighted by Gasteiger charge is -2.27. The van der Waals surface area contributed by atoms with Gasteiger partial charge in [0.05, 0.1) is 6.54 Å². The lowest BCUT2D eigenvalue weighted by atomic mass is 9.95. The van der Waals surface area contributed by atoms with Gasteiger partial charge in [-0.3, -0.25) is 15.0 Å². The minimum absolute atomic E-state index is 0.0223. The lowest BCUT2D eigenvalue weighted by molar-refractivity contribution is -0.138. The van der Waals surface area contributed by atoms with Crippen molar-refractivity contribution in [3.8, 4) is 0 Å². The van der Waals surface area contributed by atoms with Crippen LogP contribution in [0, 0.1) is 5.41 Å². The average Bonchev–Trinajstić information content (AvgIpc) is 3.21. The van der Waals surface area contributed by atoms with Crippen molar-refractivity contribution in [2.24, 2.45) is 5.73 Å². The molecule has 1 atom stereocenters. The van der Waals surface area contributed by atoms with Gasteiger partial charge in [0.25, 0.3) is 0 Å². The Labute approximate surface area is 166 Å². The molecule has 0 aromatic heterocycles. The number of amidine groups is 1. The number of hydrogen-bond acceptors (Lipinski definition) is 4. The van der Waals surface area contributed by atoms with Gasteiger partial charge in [0, 0.05) is 24.7 Å². The van der Waals surface area contributed by atoms with E-state index in [2.05, 4.69) is 10.6 Å². The molecule has 1 saturated carbocycles. The highest BCUT2D eigenvalue weighted by Gasteiger charge is 2.33. The van der Waals surface area contributed by atoms with Crippen molar-refractivity contribution in [3.63, 3.8) is 0 Å². The lowest BCUT2D eigenvalue weighted by Crippen LogP contribution is -2.49. The molecule has 1 aliphatic heterocycles. The van der Waals surface area contributed by atoms with E-state index in [1.807, 2.05) is 12.1 Å². The molecular formula is C21H31N5O2. The third-order valence-corrected chi connectivity index (χ3v) is 5.75. The second-order valence-corrected chi connectivity index (χ2v) is 7.79. The van der Waals surface area contributed by atoms with Crippen LogP contribution in [0.2, 0.25) is 0 Å². The van der Waals surface area contributed by atoms with E-state index in [0.717, 1.165) is 24.8 Å². The van der Waals surface area contributed by atoms with Crippen LogP contribution in [0.4, 0.5) is 0 Å². The molecule has 152 valence electrons.